The lowest BCUT2D eigenvalue weighted by Gasteiger charge is -2.36. The third-order valence-electron chi connectivity index (χ3n) is 7.28. The Labute approximate surface area is 231 Å². The summed E-state index contributed by atoms with van der Waals surface area (Å²) in [5.41, 5.74) is 2.36. The lowest BCUT2D eigenvalue weighted by atomic mass is 9.89. The number of carboxylic acid groups (broad SMARTS) is 1. The summed E-state index contributed by atoms with van der Waals surface area (Å²) < 4.78 is 0. The van der Waals surface area contributed by atoms with E-state index in [2.05, 4.69) is 10.6 Å². The van der Waals surface area contributed by atoms with Gasteiger partial charge in [-0.05, 0) is 68.5 Å². The van der Waals surface area contributed by atoms with Gasteiger partial charge < -0.3 is 20.6 Å². The lowest BCUT2D eigenvalue weighted by molar-refractivity contribution is -0.155. The lowest BCUT2D eigenvalue weighted by Crippen LogP contribution is -2.55. The molecule has 2 aliphatic rings. The molecule has 1 atom stereocenters. The van der Waals surface area contributed by atoms with Crippen LogP contribution >= 0.6 is 11.6 Å². The van der Waals surface area contributed by atoms with Crippen molar-refractivity contribution in [1.29, 1.82) is 0 Å². The van der Waals surface area contributed by atoms with Crippen LogP contribution in [0.15, 0.2) is 36.4 Å². The van der Waals surface area contributed by atoms with E-state index in [0.29, 0.717) is 16.3 Å². The number of fused-ring (bicyclic) bond motifs is 1. The Bertz CT molecular complexity index is 1360. The number of carboxylic acids is 1. The van der Waals surface area contributed by atoms with Gasteiger partial charge in [0.15, 0.2) is 0 Å². The number of rotatable bonds is 8. The van der Waals surface area contributed by atoms with Gasteiger partial charge in [0.25, 0.3) is 11.8 Å². The zero-order valence-electron chi connectivity index (χ0n) is 22.0. The minimum Gasteiger partial charge on any atom is -0.481 e. The van der Waals surface area contributed by atoms with Crippen LogP contribution < -0.4 is 10.6 Å². The highest BCUT2D eigenvalue weighted by molar-refractivity contribution is 6.31. The van der Waals surface area contributed by atoms with Gasteiger partial charge in [0.05, 0.1) is 5.41 Å². The van der Waals surface area contributed by atoms with Crippen LogP contribution in [0.4, 0.5) is 10.5 Å². The molecule has 0 spiro atoms. The van der Waals surface area contributed by atoms with Crippen molar-refractivity contribution in [1.82, 2.24) is 15.1 Å². The van der Waals surface area contributed by atoms with Crippen molar-refractivity contribution in [3.05, 3.63) is 63.7 Å². The number of carbonyl (C=O) groups is 5. The summed E-state index contributed by atoms with van der Waals surface area (Å²) in [4.78, 5) is 65.2. The molecule has 11 heteroatoms. The van der Waals surface area contributed by atoms with Crippen molar-refractivity contribution in [3.63, 3.8) is 0 Å². The molecule has 2 aliphatic heterocycles. The fraction of sp³-hybridized carbons (Fsp3) is 0.393. The van der Waals surface area contributed by atoms with E-state index < -0.39 is 29.4 Å². The van der Waals surface area contributed by atoms with E-state index in [4.69, 9.17) is 11.6 Å². The number of aliphatic carboxylic acids is 1. The quantitative estimate of drug-likeness (QED) is 0.423. The number of carbonyl (C=O) groups excluding carboxylic acids is 4. The molecule has 10 nitrogen and oxygen atoms in total. The molecule has 1 unspecified atom stereocenters. The van der Waals surface area contributed by atoms with Crippen molar-refractivity contribution in [2.24, 2.45) is 5.41 Å². The van der Waals surface area contributed by atoms with Gasteiger partial charge in [-0.3, -0.25) is 24.1 Å². The molecule has 206 valence electrons. The SMILES string of the molecule is Cc1ccc(NC(=O)NCc2ccc3c(c2)CN(C2CCC(=O)N(CCC(C)(C)C(=O)O)C2=O)C3=O)cc1Cl. The first-order valence-electron chi connectivity index (χ1n) is 12.7. The maximum absolute atomic E-state index is 13.2. The number of anilines is 1. The van der Waals surface area contributed by atoms with E-state index in [1.54, 1.807) is 38.1 Å². The highest BCUT2D eigenvalue weighted by Gasteiger charge is 2.43. The maximum atomic E-state index is 13.2. The average Bonchev–Trinajstić information content (AvgIpc) is 3.20. The molecule has 1 saturated heterocycles. The Hall–Kier alpha value is -3.92. The largest absolute Gasteiger partial charge is 0.481 e. The number of hydrogen-bond donors (Lipinski definition) is 3. The number of aryl methyl sites for hydroxylation is 1. The van der Waals surface area contributed by atoms with Crippen molar-refractivity contribution >= 4 is 47.0 Å². The minimum absolute atomic E-state index is 0.0187. The number of amides is 5. The molecule has 39 heavy (non-hydrogen) atoms. The standard InChI is InChI=1S/C28H31ClN4O6/c1-16-4-6-19(13-21(16)29)31-27(39)30-14-17-5-7-20-18(12-17)15-33(24(20)35)22-8-9-23(34)32(25(22)36)11-10-28(2,3)26(37)38/h4-7,12-13,22H,8-11,14-15H2,1-3H3,(H,37,38)(H2,30,31,39). The molecule has 5 amide bonds. The zero-order valence-corrected chi connectivity index (χ0v) is 22.8. The van der Waals surface area contributed by atoms with Gasteiger partial charge in [0, 0.05) is 42.3 Å². The molecule has 2 aromatic carbocycles. The monoisotopic (exact) mass is 554 g/mol. The Morgan fingerprint density at radius 3 is 2.56 bits per heavy atom. The van der Waals surface area contributed by atoms with Crippen LogP contribution in [-0.2, 0) is 27.5 Å². The van der Waals surface area contributed by atoms with Crippen LogP contribution in [0.25, 0.3) is 0 Å². The van der Waals surface area contributed by atoms with Crippen molar-refractivity contribution in [2.45, 2.75) is 59.2 Å². The molecule has 0 radical (unpaired) electrons. The van der Waals surface area contributed by atoms with Crippen LogP contribution in [0.5, 0.6) is 0 Å². The van der Waals surface area contributed by atoms with Gasteiger partial charge in [-0.1, -0.05) is 29.8 Å². The normalized spacial score (nSPS) is 17.3. The molecular formula is C28H31ClN4O6. The molecule has 4 rings (SSSR count). The second kappa shape index (κ2) is 11.1. The van der Waals surface area contributed by atoms with Crippen LogP contribution in [0, 0.1) is 12.3 Å². The number of nitrogens with one attached hydrogen (secondary N) is 2. The van der Waals surface area contributed by atoms with Gasteiger partial charge in [-0.25, -0.2) is 4.79 Å². The average molecular weight is 555 g/mol. The smallest absolute Gasteiger partial charge is 0.319 e. The first-order chi connectivity index (χ1) is 18.4. The summed E-state index contributed by atoms with van der Waals surface area (Å²) in [5, 5.41) is 15.4. The van der Waals surface area contributed by atoms with E-state index in [1.807, 2.05) is 19.1 Å². The Balaban J connectivity index is 1.38. The number of halogens is 1. The number of likely N-dealkylation sites (tertiary alicyclic amines) is 1. The fourth-order valence-electron chi connectivity index (χ4n) is 4.63. The van der Waals surface area contributed by atoms with Crippen molar-refractivity contribution in [3.8, 4) is 0 Å². The molecule has 1 fully saturated rings. The summed E-state index contributed by atoms with van der Waals surface area (Å²) >= 11 is 6.11. The summed E-state index contributed by atoms with van der Waals surface area (Å²) in [6.45, 7) is 5.36. The predicted molar refractivity (Wildman–Crippen MR) is 144 cm³/mol. The molecule has 0 bridgehead atoms. The van der Waals surface area contributed by atoms with Gasteiger partial charge in [-0.2, -0.15) is 0 Å². The zero-order chi connectivity index (χ0) is 28.5. The highest BCUT2D eigenvalue weighted by atomic mass is 35.5. The van der Waals surface area contributed by atoms with Crippen LogP contribution in [-0.4, -0.2) is 57.2 Å². The highest BCUT2D eigenvalue weighted by Crippen LogP contribution is 2.31. The van der Waals surface area contributed by atoms with E-state index in [0.717, 1.165) is 21.6 Å². The molecule has 2 aromatic rings. The van der Waals surface area contributed by atoms with Gasteiger partial charge >= 0.3 is 12.0 Å². The summed E-state index contributed by atoms with van der Waals surface area (Å²) in [6.07, 6.45) is 0.427. The molecule has 2 heterocycles. The second-order valence-corrected chi connectivity index (χ2v) is 11.0. The molecular weight excluding hydrogens is 524 g/mol. The number of urea groups is 1. The third kappa shape index (κ3) is 6.06. The number of benzene rings is 2. The van der Waals surface area contributed by atoms with Crippen molar-refractivity contribution < 1.29 is 29.1 Å². The van der Waals surface area contributed by atoms with E-state index in [-0.39, 0.29) is 50.7 Å². The fourth-order valence-corrected chi connectivity index (χ4v) is 4.81. The van der Waals surface area contributed by atoms with Crippen molar-refractivity contribution in [2.75, 3.05) is 11.9 Å². The molecule has 0 saturated carbocycles. The number of imide groups is 1. The summed E-state index contributed by atoms with van der Waals surface area (Å²) in [5.74, 6) is -2.15. The minimum atomic E-state index is -1.10. The van der Waals surface area contributed by atoms with Gasteiger partial charge in [0.1, 0.15) is 6.04 Å². The second-order valence-electron chi connectivity index (χ2n) is 10.6. The number of piperidine rings is 1. The van der Waals surface area contributed by atoms with Crippen LogP contribution in [0.3, 0.4) is 0 Å². The molecule has 0 aliphatic carbocycles. The Morgan fingerprint density at radius 2 is 1.87 bits per heavy atom. The van der Waals surface area contributed by atoms with E-state index >= 15 is 0 Å². The van der Waals surface area contributed by atoms with Crippen LogP contribution in [0.1, 0.15) is 60.2 Å². The Morgan fingerprint density at radius 1 is 1.13 bits per heavy atom. The molecule has 0 aromatic heterocycles. The Kier molecular flexibility index (Phi) is 7.96. The third-order valence-corrected chi connectivity index (χ3v) is 7.69. The van der Waals surface area contributed by atoms with E-state index in [9.17, 15) is 29.1 Å². The summed E-state index contributed by atoms with van der Waals surface area (Å²) in [6, 6.07) is 9.27. The maximum Gasteiger partial charge on any atom is 0.319 e. The van der Waals surface area contributed by atoms with E-state index in [1.165, 1.54) is 4.90 Å². The van der Waals surface area contributed by atoms with Crippen LogP contribution in [0.2, 0.25) is 5.02 Å². The van der Waals surface area contributed by atoms with Gasteiger partial charge in [-0.15, -0.1) is 0 Å². The predicted octanol–water partition coefficient (Wildman–Crippen LogP) is 3.94. The number of nitrogens with zero attached hydrogens (tertiary/aromatic N) is 2. The topological polar surface area (TPSA) is 136 Å². The summed E-state index contributed by atoms with van der Waals surface area (Å²) in [7, 11) is 0. The first-order valence-corrected chi connectivity index (χ1v) is 13.1. The first kappa shape index (κ1) is 28.1. The molecule has 3 N–H and O–H groups in total. The number of hydrogen-bond acceptors (Lipinski definition) is 5. The van der Waals surface area contributed by atoms with Gasteiger partial charge in [0.2, 0.25) is 5.91 Å².